The van der Waals surface area contributed by atoms with Gasteiger partial charge in [0.1, 0.15) is 10.1 Å². The third-order valence-corrected chi connectivity index (χ3v) is 3.51. The summed E-state index contributed by atoms with van der Waals surface area (Å²) in [6, 6.07) is 5.81. The Labute approximate surface area is 130 Å². The number of nitro groups is 1. The first-order valence-corrected chi connectivity index (χ1v) is 7.33. The molecule has 1 amide bonds. The van der Waals surface area contributed by atoms with E-state index in [1.807, 2.05) is 0 Å². The number of nitrogens with zero attached hydrogens (tertiary/aromatic N) is 1. The van der Waals surface area contributed by atoms with Gasteiger partial charge < -0.3 is 10.1 Å². The molecule has 0 saturated carbocycles. The third-order valence-electron chi connectivity index (χ3n) is 2.11. The van der Waals surface area contributed by atoms with E-state index in [2.05, 4.69) is 17.9 Å². The second kappa shape index (κ2) is 8.77. The summed E-state index contributed by atoms with van der Waals surface area (Å²) in [5, 5.41) is 13.0. The molecular formula is C11H12N2O4S3. The number of amides is 1. The predicted molar refractivity (Wildman–Crippen MR) is 85.3 cm³/mol. The summed E-state index contributed by atoms with van der Waals surface area (Å²) in [7, 11) is 0. The van der Waals surface area contributed by atoms with Crippen molar-refractivity contribution >= 4 is 51.9 Å². The van der Waals surface area contributed by atoms with Crippen molar-refractivity contribution in [1.82, 2.24) is 5.32 Å². The monoisotopic (exact) mass is 332 g/mol. The normalized spacial score (nSPS) is 9.85. The fourth-order valence-corrected chi connectivity index (χ4v) is 2.11. The molecule has 1 aromatic carbocycles. The van der Waals surface area contributed by atoms with Crippen molar-refractivity contribution in [2.75, 3.05) is 12.3 Å². The predicted octanol–water partition coefficient (Wildman–Crippen LogP) is 2.77. The van der Waals surface area contributed by atoms with Crippen LogP contribution >= 0.6 is 36.6 Å². The number of non-ortho nitro benzene ring substituents is 1. The van der Waals surface area contributed by atoms with Gasteiger partial charge in [-0.3, -0.25) is 10.1 Å². The lowest BCUT2D eigenvalue weighted by Crippen LogP contribution is -2.26. The summed E-state index contributed by atoms with van der Waals surface area (Å²) in [6.45, 7) is 0.479. The summed E-state index contributed by atoms with van der Waals surface area (Å²) in [4.78, 5) is 21.3. The number of carbonyl (C=O) groups is 1. The Kier molecular flexibility index (Phi) is 7.34. The summed E-state index contributed by atoms with van der Waals surface area (Å²) < 4.78 is 5.47. The lowest BCUT2D eigenvalue weighted by atomic mass is 10.2. The van der Waals surface area contributed by atoms with Gasteiger partial charge in [0.05, 0.1) is 4.92 Å². The Balaban J connectivity index is 2.26. The first-order chi connectivity index (χ1) is 9.49. The van der Waals surface area contributed by atoms with Crippen LogP contribution in [0.15, 0.2) is 24.3 Å². The van der Waals surface area contributed by atoms with Crippen molar-refractivity contribution < 1.29 is 14.5 Å². The topological polar surface area (TPSA) is 81.5 Å². The number of nitro benzene ring substituents is 1. The van der Waals surface area contributed by atoms with Crippen molar-refractivity contribution in [2.45, 2.75) is 6.61 Å². The molecule has 0 fully saturated rings. The van der Waals surface area contributed by atoms with Crippen molar-refractivity contribution in [1.29, 1.82) is 0 Å². The van der Waals surface area contributed by atoms with Crippen LogP contribution in [0.1, 0.15) is 5.56 Å². The maximum Gasteiger partial charge on any atom is 0.407 e. The Morgan fingerprint density at radius 1 is 1.45 bits per heavy atom. The second-order valence-corrected chi connectivity index (χ2v) is 6.37. The van der Waals surface area contributed by atoms with Gasteiger partial charge in [-0.15, -0.1) is 24.4 Å². The van der Waals surface area contributed by atoms with Gasteiger partial charge >= 0.3 is 6.09 Å². The highest BCUT2D eigenvalue weighted by Gasteiger charge is 2.06. The van der Waals surface area contributed by atoms with Crippen LogP contribution in [0.2, 0.25) is 0 Å². The summed E-state index contributed by atoms with van der Waals surface area (Å²) >= 11 is 10.0. The smallest absolute Gasteiger partial charge is 0.407 e. The molecule has 9 heteroatoms. The maximum absolute atomic E-state index is 11.3. The van der Waals surface area contributed by atoms with E-state index in [1.165, 1.54) is 23.9 Å². The standard InChI is InChI=1S/C11H12N2O4S3/c14-10(12-5-6-20-11(18)19)17-7-8-1-3-9(4-2-8)13(15)16/h1-4H,5-7H2,(H,12,14)(H,18,19). The van der Waals surface area contributed by atoms with Gasteiger partial charge in [-0.2, -0.15) is 0 Å². The van der Waals surface area contributed by atoms with E-state index in [-0.39, 0.29) is 12.3 Å². The molecule has 6 nitrogen and oxygen atoms in total. The molecule has 0 aromatic heterocycles. The van der Waals surface area contributed by atoms with Crippen LogP contribution in [-0.2, 0) is 11.3 Å². The lowest BCUT2D eigenvalue weighted by Gasteiger charge is -2.06. The zero-order valence-corrected chi connectivity index (χ0v) is 12.8. The molecule has 0 heterocycles. The molecule has 1 N–H and O–H groups in total. The number of carbonyl (C=O) groups excluding carboxylic acids is 1. The van der Waals surface area contributed by atoms with Crippen molar-refractivity contribution in [2.24, 2.45) is 0 Å². The number of benzene rings is 1. The molecule has 0 radical (unpaired) electrons. The summed E-state index contributed by atoms with van der Waals surface area (Å²) in [5.41, 5.74) is 0.676. The zero-order chi connectivity index (χ0) is 15.0. The Morgan fingerprint density at radius 3 is 2.65 bits per heavy atom. The van der Waals surface area contributed by atoms with E-state index in [9.17, 15) is 14.9 Å². The number of thioether (sulfide) groups is 1. The number of thiol groups is 1. The van der Waals surface area contributed by atoms with Crippen LogP contribution in [0.5, 0.6) is 0 Å². The van der Waals surface area contributed by atoms with E-state index in [0.29, 0.717) is 21.4 Å². The Bertz CT molecular complexity index is 493. The Morgan fingerprint density at radius 2 is 2.10 bits per heavy atom. The SMILES string of the molecule is O=C(NCCSC(=S)S)OCc1ccc([N+](=O)[O-])cc1. The molecule has 20 heavy (non-hydrogen) atoms. The lowest BCUT2D eigenvalue weighted by molar-refractivity contribution is -0.384. The fraction of sp³-hybridized carbons (Fsp3) is 0.273. The molecule has 0 aliphatic heterocycles. The van der Waals surface area contributed by atoms with Gasteiger partial charge in [-0.05, 0) is 17.7 Å². The molecule has 108 valence electrons. The van der Waals surface area contributed by atoms with Gasteiger partial charge in [-0.25, -0.2) is 4.79 Å². The molecule has 0 saturated heterocycles. The second-order valence-electron chi connectivity index (χ2n) is 3.54. The highest BCUT2D eigenvalue weighted by Crippen LogP contribution is 2.12. The van der Waals surface area contributed by atoms with Crippen LogP contribution in [-0.4, -0.2) is 26.8 Å². The molecule has 0 atom stereocenters. The van der Waals surface area contributed by atoms with Crippen molar-refractivity contribution in [3.63, 3.8) is 0 Å². The molecule has 0 bridgehead atoms. The van der Waals surface area contributed by atoms with Gasteiger partial charge in [0.2, 0.25) is 0 Å². The van der Waals surface area contributed by atoms with Gasteiger partial charge in [0, 0.05) is 24.4 Å². The van der Waals surface area contributed by atoms with Crippen LogP contribution in [0.3, 0.4) is 0 Å². The molecule has 1 rings (SSSR count). The van der Waals surface area contributed by atoms with Crippen LogP contribution < -0.4 is 5.32 Å². The van der Waals surface area contributed by atoms with Gasteiger partial charge in [-0.1, -0.05) is 12.2 Å². The molecule has 0 spiro atoms. The number of alkyl carbamates (subject to hydrolysis) is 1. The van der Waals surface area contributed by atoms with Gasteiger partial charge in [0.15, 0.2) is 0 Å². The largest absolute Gasteiger partial charge is 0.445 e. The number of nitrogens with one attached hydrogen (secondary N) is 1. The van der Waals surface area contributed by atoms with E-state index in [0.717, 1.165) is 0 Å². The minimum Gasteiger partial charge on any atom is -0.445 e. The van der Waals surface area contributed by atoms with Crippen LogP contribution in [0.25, 0.3) is 0 Å². The highest BCUT2D eigenvalue weighted by atomic mass is 32.2. The molecule has 0 aliphatic carbocycles. The molecule has 0 unspecified atom stereocenters. The fourth-order valence-electron chi connectivity index (χ4n) is 1.21. The Hall–Kier alpha value is -1.32. The average Bonchev–Trinajstić information content (AvgIpc) is 2.41. The highest BCUT2D eigenvalue weighted by molar-refractivity contribution is 8.41. The summed E-state index contributed by atoms with van der Waals surface area (Å²) in [5.74, 6) is 0.620. The molecule has 1 aromatic rings. The number of rotatable bonds is 6. The van der Waals surface area contributed by atoms with Crippen molar-refractivity contribution in [3.8, 4) is 0 Å². The van der Waals surface area contributed by atoms with Gasteiger partial charge in [0.25, 0.3) is 5.69 Å². The maximum atomic E-state index is 11.3. The zero-order valence-electron chi connectivity index (χ0n) is 10.3. The minimum atomic E-state index is -0.547. The first kappa shape index (κ1) is 16.7. The summed E-state index contributed by atoms with van der Waals surface area (Å²) in [6.07, 6.45) is -0.547. The van der Waals surface area contributed by atoms with E-state index >= 15 is 0 Å². The van der Waals surface area contributed by atoms with Crippen molar-refractivity contribution in [3.05, 3.63) is 39.9 Å². The van der Waals surface area contributed by atoms with E-state index < -0.39 is 11.0 Å². The van der Waals surface area contributed by atoms with Crippen LogP contribution in [0, 0.1) is 10.1 Å². The number of ether oxygens (including phenoxy) is 1. The molecular weight excluding hydrogens is 320 g/mol. The van der Waals surface area contributed by atoms with Crippen LogP contribution in [0.4, 0.5) is 10.5 Å². The minimum absolute atomic E-state index is 0.00190. The third kappa shape index (κ3) is 6.73. The number of hydrogen-bond acceptors (Lipinski definition) is 6. The number of thiocarbonyl (C=S) groups is 1. The number of hydrogen-bond donors (Lipinski definition) is 2. The quantitative estimate of drug-likeness (QED) is 0.274. The van der Waals surface area contributed by atoms with E-state index in [4.69, 9.17) is 17.0 Å². The molecule has 0 aliphatic rings. The average molecular weight is 332 g/mol. The van der Waals surface area contributed by atoms with E-state index in [1.54, 1.807) is 12.1 Å². The first-order valence-electron chi connectivity index (χ1n) is 5.48.